The summed E-state index contributed by atoms with van der Waals surface area (Å²) in [6.45, 7) is 2.35. The molecular formula is C15H24Cl2N4O2. The van der Waals surface area contributed by atoms with E-state index in [-0.39, 0.29) is 42.5 Å². The second-order valence-corrected chi connectivity index (χ2v) is 5.26. The van der Waals surface area contributed by atoms with Crippen LogP contribution >= 0.6 is 24.8 Å². The molecule has 8 heteroatoms. The molecular weight excluding hydrogens is 339 g/mol. The molecule has 2 rings (SSSR count). The van der Waals surface area contributed by atoms with Gasteiger partial charge in [0, 0.05) is 37.6 Å². The van der Waals surface area contributed by atoms with E-state index in [0.29, 0.717) is 31.7 Å². The lowest BCUT2D eigenvalue weighted by Gasteiger charge is -2.32. The van der Waals surface area contributed by atoms with Gasteiger partial charge in [0.25, 0.3) is 5.91 Å². The standard InChI is InChI=1S/C15H22N4O2.2ClH/c16-6-2-7-18-14(20)13-3-1-10-19(11-13)15(21)12-4-8-17-9-5-12;;/h4-5,8-9,13H,1-3,6-7,10-11,16H2,(H,18,20);2*1H. The Hall–Kier alpha value is -1.37. The molecule has 130 valence electrons. The lowest BCUT2D eigenvalue weighted by Crippen LogP contribution is -2.45. The van der Waals surface area contributed by atoms with E-state index in [1.807, 2.05) is 0 Å². The van der Waals surface area contributed by atoms with Crippen molar-refractivity contribution in [2.75, 3.05) is 26.2 Å². The number of aromatic nitrogens is 1. The van der Waals surface area contributed by atoms with E-state index >= 15 is 0 Å². The predicted molar refractivity (Wildman–Crippen MR) is 94.0 cm³/mol. The van der Waals surface area contributed by atoms with Gasteiger partial charge < -0.3 is 16.0 Å². The molecule has 6 nitrogen and oxygen atoms in total. The van der Waals surface area contributed by atoms with Gasteiger partial charge in [0.05, 0.1) is 5.92 Å². The van der Waals surface area contributed by atoms with E-state index in [1.165, 1.54) is 0 Å². The van der Waals surface area contributed by atoms with Gasteiger partial charge in [-0.15, -0.1) is 24.8 Å². The Balaban J connectivity index is 0.00000242. The first-order valence-corrected chi connectivity index (χ1v) is 7.39. The Kier molecular flexibility index (Phi) is 10.5. The normalized spacial score (nSPS) is 16.7. The maximum Gasteiger partial charge on any atom is 0.253 e. The molecule has 1 aliphatic rings. The number of hydrogen-bond donors (Lipinski definition) is 2. The molecule has 23 heavy (non-hydrogen) atoms. The zero-order chi connectivity index (χ0) is 15.1. The number of nitrogens with two attached hydrogens (primary N) is 1. The van der Waals surface area contributed by atoms with Crippen LogP contribution in [-0.2, 0) is 4.79 Å². The van der Waals surface area contributed by atoms with Crippen LogP contribution < -0.4 is 11.1 Å². The Morgan fingerprint density at radius 1 is 1.30 bits per heavy atom. The molecule has 0 spiro atoms. The van der Waals surface area contributed by atoms with Gasteiger partial charge in [-0.05, 0) is 37.9 Å². The molecule has 0 bridgehead atoms. The number of carbonyl (C=O) groups is 2. The Bertz CT molecular complexity index is 488. The number of rotatable bonds is 5. The zero-order valence-electron chi connectivity index (χ0n) is 12.9. The van der Waals surface area contributed by atoms with E-state index in [9.17, 15) is 9.59 Å². The highest BCUT2D eigenvalue weighted by Gasteiger charge is 2.28. The third-order valence-electron chi connectivity index (χ3n) is 3.69. The van der Waals surface area contributed by atoms with Crippen molar-refractivity contribution in [3.05, 3.63) is 30.1 Å². The maximum atomic E-state index is 12.4. The third-order valence-corrected chi connectivity index (χ3v) is 3.69. The summed E-state index contributed by atoms with van der Waals surface area (Å²) in [6, 6.07) is 3.40. The highest BCUT2D eigenvalue weighted by atomic mass is 35.5. The number of nitrogens with one attached hydrogen (secondary N) is 1. The van der Waals surface area contributed by atoms with Crippen LogP contribution in [0, 0.1) is 5.92 Å². The molecule has 3 N–H and O–H groups in total. The average Bonchev–Trinajstić information content (AvgIpc) is 2.55. The van der Waals surface area contributed by atoms with Crippen molar-refractivity contribution in [3.63, 3.8) is 0 Å². The summed E-state index contributed by atoms with van der Waals surface area (Å²) in [5, 5.41) is 2.89. The summed E-state index contributed by atoms with van der Waals surface area (Å²) >= 11 is 0. The molecule has 2 heterocycles. The van der Waals surface area contributed by atoms with Crippen molar-refractivity contribution in [2.24, 2.45) is 11.7 Å². The monoisotopic (exact) mass is 362 g/mol. The number of piperidine rings is 1. The van der Waals surface area contributed by atoms with Gasteiger partial charge in [0.15, 0.2) is 0 Å². The molecule has 1 aromatic rings. The summed E-state index contributed by atoms with van der Waals surface area (Å²) in [4.78, 5) is 30.1. The fraction of sp³-hybridized carbons (Fsp3) is 0.533. The van der Waals surface area contributed by atoms with Crippen molar-refractivity contribution in [2.45, 2.75) is 19.3 Å². The van der Waals surface area contributed by atoms with Crippen LogP contribution in [0.25, 0.3) is 0 Å². The minimum Gasteiger partial charge on any atom is -0.356 e. The smallest absolute Gasteiger partial charge is 0.253 e. The summed E-state index contributed by atoms with van der Waals surface area (Å²) in [5.74, 6) is -0.130. The quantitative estimate of drug-likeness (QED) is 0.771. The van der Waals surface area contributed by atoms with Gasteiger partial charge in [-0.25, -0.2) is 0 Å². The second kappa shape index (κ2) is 11.2. The van der Waals surface area contributed by atoms with Crippen LogP contribution in [0.2, 0.25) is 0 Å². The Morgan fingerprint density at radius 3 is 2.65 bits per heavy atom. The number of hydrogen-bond acceptors (Lipinski definition) is 4. The predicted octanol–water partition coefficient (Wildman–Crippen LogP) is 1.24. The molecule has 2 amide bonds. The molecule has 1 atom stereocenters. The number of carbonyl (C=O) groups excluding carboxylic acids is 2. The summed E-state index contributed by atoms with van der Waals surface area (Å²) < 4.78 is 0. The number of likely N-dealkylation sites (tertiary alicyclic amines) is 1. The van der Waals surface area contributed by atoms with E-state index in [2.05, 4.69) is 10.3 Å². The van der Waals surface area contributed by atoms with Crippen LogP contribution in [0.5, 0.6) is 0 Å². The molecule has 1 fully saturated rings. The van der Waals surface area contributed by atoms with E-state index in [0.717, 1.165) is 19.3 Å². The van der Waals surface area contributed by atoms with Crippen molar-refractivity contribution < 1.29 is 9.59 Å². The summed E-state index contributed by atoms with van der Waals surface area (Å²) in [7, 11) is 0. The lowest BCUT2D eigenvalue weighted by molar-refractivity contribution is -0.126. The summed E-state index contributed by atoms with van der Waals surface area (Å²) in [5.41, 5.74) is 6.03. The van der Waals surface area contributed by atoms with Gasteiger partial charge in [-0.3, -0.25) is 14.6 Å². The zero-order valence-corrected chi connectivity index (χ0v) is 14.6. The molecule has 1 aromatic heterocycles. The first-order chi connectivity index (χ1) is 10.2. The molecule has 0 radical (unpaired) electrons. The Labute approximate surface area is 149 Å². The second-order valence-electron chi connectivity index (χ2n) is 5.26. The highest BCUT2D eigenvalue weighted by Crippen LogP contribution is 2.18. The first-order valence-electron chi connectivity index (χ1n) is 7.39. The molecule has 0 saturated carbocycles. The van der Waals surface area contributed by atoms with Gasteiger partial charge in [-0.1, -0.05) is 0 Å². The van der Waals surface area contributed by atoms with Crippen molar-refractivity contribution in [1.29, 1.82) is 0 Å². The van der Waals surface area contributed by atoms with E-state index in [4.69, 9.17) is 5.73 Å². The van der Waals surface area contributed by atoms with Crippen LogP contribution in [0.3, 0.4) is 0 Å². The minimum atomic E-state index is -0.123. The Morgan fingerprint density at radius 2 is 2.00 bits per heavy atom. The van der Waals surface area contributed by atoms with Crippen LogP contribution in [0.1, 0.15) is 29.6 Å². The van der Waals surface area contributed by atoms with Crippen molar-refractivity contribution in [1.82, 2.24) is 15.2 Å². The number of amides is 2. The number of halogens is 2. The van der Waals surface area contributed by atoms with Crippen LogP contribution in [0.15, 0.2) is 24.5 Å². The average molecular weight is 363 g/mol. The van der Waals surface area contributed by atoms with Crippen LogP contribution in [-0.4, -0.2) is 47.9 Å². The molecule has 1 unspecified atom stereocenters. The van der Waals surface area contributed by atoms with Gasteiger partial charge >= 0.3 is 0 Å². The number of nitrogens with zero attached hydrogens (tertiary/aromatic N) is 2. The lowest BCUT2D eigenvalue weighted by atomic mass is 9.96. The summed E-state index contributed by atoms with van der Waals surface area (Å²) in [6.07, 6.45) is 5.67. The molecule has 1 saturated heterocycles. The minimum absolute atomic E-state index is 0. The maximum absolute atomic E-state index is 12.4. The van der Waals surface area contributed by atoms with Gasteiger partial charge in [0.2, 0.25) is 5.91 Å². The first kappa shape index (κ1) is 21.6. The fourth-order valence-corrected chi connectivity index (χ4v) is 2.51. The van der Waals surface area contributed by atoms with Crippen molar-refractivity contribution in [3.8, 4) is 0 Å². The van der Waals surface area contributed by atoms with E-state index in [1.54, 1.807) is 29.4 Å². The molecule has 0 aromatic carbocycles. The molecule has 1 aliphatic heterocycles. The SMILES string of the molecule is Cl.Cl.NCCCNC(=O)C1CCCN(C(=O)c2ccncc2)C1. The van der Waals surface area contributed by atoms with Gasteiger partial charge in [0.1, 0.15) is 0 Å². The highest BCUT2D eigenvalue weighted by molar-refractivity contribution is 5.94. The van der Waals surface area contributed by atoms with Gasteiger partial charge in [-0.2, -0.15) is 0 Å². The van der Waals surface area contributed by atoms with Crippen molar-refractivity contribution >= 4 is 36.6 Å². The number of pyridine rings is 1. The van der Waals surface area contributed by atoms with Crippen LogP contribution in [0.4, 0.5) is 0 Å². The third kappa shape index (κ3) is 6.33. The van der Waals surface area contributed by atoms with E-state index < -0.39 is 0 Å². The molecule has 0 aliphatic carbocycles. The topological polar surface area (TPSA) is 88.3 Å². The largest absolute Gasteiger partial charge is 0.356 e. The fourth-order valence-electron chi connectivity index (χ4n) is 2.51.